The molecule has 0 aromatic heterocycles. The van der Waals surface area contributed by atoms with Gasteiger partial charge in [0, 0.05) is 20.0 Å². The van der Waals surface area contributed by atoms with Crippen LogP contribution in [-0.2, 0) is 33.3 Å². The molecule has 0 aliphatic carbocycles. The second-order valence-electron chi connectivity index (χ2n) is 8.20. The Morgan fingerprint density at radius 1 is 1.00 bits per heavy atom. The fourth-order valence-corrected chi connectivity index (χ4v) is 3.89. The Morgan fingerprint density at radius 2 is 1.46 bits per heavy atom. The zero-order chi connectivity index (χ0) is 26.6. The van der Waals surface area contributed by atoms with Gasteiger partial charge in [-0.1, -0.05) is 6.08 Å². The van der Waals surface area contributed by atoms with Gasteiger partial charge in [0.1, 0.15) is 48.6 Å². The monoisotopic (exact) mass is 556 g/mol. The summed E-state index contributed by atoms with van der Waals surface area (Å²) < 4.78 is 26.2. The van der Waals surface area contributed by atoms with Crippen molar-refractivity contribution in [2.24, 2.45) is 0 Å². The van der Waals surface area contributed by atoms with Crippen molar-refractivity contribution in [3.8, 4) is 0 Å². The van der Waals surface area contributed by atoms with Gasteiger partial charge in [0.25, 0.3) is 0 Å². The fraction of sp³-hybridized carbons (Fsp3) is 0.800. The minimum atomic E-state index is -2.76. The van der Waals surface area contributed by atoms with Gasteiger partial charge in [-0.25, -0.2) is 0 Å². The molecule has 15 nitrogen and oxygen atoms in total. The van der Waals surface area contributed by atoms with Crippen molar-refractivity contribution in [2.75, 3.05) is 26.9 Å². The molecule has 0 radical (unpaired) electrons. The molecule has 2 fully saturated rings. The predicted octanol–water partition coefficient (Wildman–Crippen LogP) is -12.5. The van der Waals surface area contributed by atoms with Crippen LogP contribution in [0.3, 0.4) is 0 Å². The number of carboxylic acids is 2. The van der Waals surface area contributed by atoms with Gasteiger partial charge < -0.3 is 74.1 Å². The summed E-state index contributed by atoms with van der Waals surface area (Å²) in [7, 11) is 1.08. The average Bonchev–Trinajstić information content (AvgIpc) is 2.82. The molecule has 0 bridgehead atoms. The molecule has 10 atom stereocenters. The minimum absolute atomic E-state index is 0. The molecule has 0 saturated carbocycles. The summed E-state index contributed by atoms with van der Waals surface area (Å²) >= 11 is 0. The summed E-state index contributed by atoms with van der Waals surface area (Å²) in [5.41, 5.74) is 0. The second kappa shape index (κ2) is 15.9. The zero-order valence-corrected chi connectivity index (χ0v) is 24.8. The standard InChI is InChI=1S/C20H32O15.2Na/c1-3-4-32-19(17(27)28)5-10(23)14(26)16(35-19)12(31-2)8-33-20(18(29)30)6-9(22)13(25)15(34-20)11(24)7-21;;/h3,9-16,21-26H,1,4-8H2,2H3,(H,27,28)(H,29,30);;/q;2*+1/p-2/t9-,10-,11-,12-,13-,14-,15-,16-,19-,20-;;/m1../s1. The number of carbonyl (C=O) groups excluding carboxylic acids is 2. The minimum Gasteiger partial charge on any atom is -0.544 e. The SMILES string of the molecule is C=CCO[C@]1(C(=O)[O-])C[C@@H](O)[C@@H](O)[C@@H]([C@@H](CO[C@]2(C(=O)[O-])C[C@@H](O)[C@@H](O)[C@@H]([C@H](O)CO)O2)OC)O1.[Na+].[Na+]. The van der Waals surface area contributed by atoms with Crippen LogP contribution in [0.2, 0.25) is 0 Å². The van der Waals surface area contributed by atoms with Crippen molar-refractivity contribution in [3.63, 3.8) is 0 Å². The Bertz CT molecular complexity index is 759. The molecule has 0 aromatic rings. The number of hydrogen-bond donors (Lipinski definition) is 6. The van der Waals surface area contributed by atoms with Gasteiger partial charge in [-0.2, -0.15) is 0 Å². The molecule has 2 rings (SSSR count). The van der Waals surface area contributed by atoms with E-state index in [1.165, 1.54) is 6.08 Å². The third-order valence-corrected chi connectivity index (χ3v) is 5.84. The van der Waals surface area contributed by atoms with Gasteiger partial charge in [0.2, 0.25) is 11.6 Å². The number of aliphatic carboxylic acids is 2. The van der Waals surface area contributed by atoms with E-state index in [4.69, 9.17) is 28.8 Å². The number of carbonyl (C=O) groups is 2. The number of methoxy groups -OCH3 is 1. The van der Waals surface area contributed by atoms with Crippen molar-refractivity contribution in [1.82, 2.24) is 0 Å². The molecule has 17 heteroatoms. The summed E-state index contributed by atoms with van der Waals surface area (Å²) in [6.07, 6.45) is -14.1. The maximum Gasteiger partial charge on any atom is 1.00 e. The van der Waals surface area contributed by atoms with Crippen molar-refractivity contribution in [3.05, 3.63) is 12.7 Å². The van der Waals surface area contributed by atoms with Crippen LogP contribution in [0.15, 0.2) is 12.7 Å². The van der Waals surface area contributed by atoms with Gasteiger partial charge in [-0.05, 0) is 0 Å². The number of ether oxygens (including phenoxy) is 5. The molecule has 0 amide bonds. The fourth-order valence-electron chi connectivity index (χ4n) is 3.89. The molecule has 2 aliphatic rings. The first-order valence-corrected chi connectivity index (χ1v) is 10.6. The smallest absolute Gasteiger partial charge is 0.544 e. The molecule has 2 aliphatic heterocycles. The van der Waals surface area contributed by atoms with Crippen LogP contribution >= 0.6 is 0 Å². The first kappa shape index (κ1) is 37.2. The Morgan fingerprint density at radius 3 is 1.89 bits per heavy atom. The second-order valence-corrected chi connectivity index (χ2v) is 8.20. The Kier molecular flexibility index (Phi) is 16.0. The molecule has 2 heterocycles. The molecule has 0 aromatic carbocycles. The van der Waals surface area contributed by atoms with Crippen molar-refractivity contribution in [1.29, 1.82) is 0 Å². The van der Waals surface area contributed by atoms with E-state index in [2.05, 4.69) is 6.58 Å². The third kappa shape index (κ3) is 8.37. The van der Waals surface area contributed by atoms with Gasteiger partial charge in [0.15, 0.2) is 0 Å². The van der Waals surface area contributed by atoms with Crippen molar-refractivity contribution in [2.45, 2.75) is 73.2 Å². The van der Waals surface area contributed by atoms with E-state index in [1.807, 2.05) is 0 Å². The Balaban J connectivity index is 0.00000648. The van der Waals surface area contributed by atoms with E-state index >= 15 is 0 Å². The van der Waals surface area contributed by atoms with Crippen LogP contribution in [0, 0.1) is 0 Å². The van der Waals surface area contributed by atoms with Crippen molar-refractivity contribution < 1.29 is 133 Å². The van der Waals surface area contributed by atoms with Crippen LogP contribution in [0.5, 0.6) is 0 Å². The van der Waals surface area contributed by atoms with Crippen LogP contribution in [0.4, 0.5) is 0 Å². The summed E-state index contributed by atoms with van der Waals surface area (Å²) in [4.78, 5) is 23.7. The number of carboxylic acid groups (broad SMARTS) is 2. The van der Waals surface area contributed by atoms with Gasteiger partial charge in [-0.3, -0.25) is 0 Å². The van der Waals surface area contributed by atoms with E-state index in [0.717, 1.165) is 7.11 Å². The first-order chi connectivity index (χ1) is 16.4. The number of aliphatic hydroxyl groups excluding tert-OH is 6. The van der Waals surface area contributed by atoms with Crippen LogP contribution in [0.25, 0.3) is 0 Å². The Hall–Kier alpha value is 0.240. The van der Waals surface area contributed by atoms with E-state index in [-0.39, 0.29) is 65.7 Å². The molecule has 0 spiro atoms. The molecule has 202 valence electrons. The molecule has 0 unspecified atom stereocenters. The maximum absolute atomic E-state index is 11.9. The number of hydrogen-bond acceptors (Lipinski definition) is 15. The van der Waals surface area contributed by atoms with Gasteiger partial charge >= 0.3 is 59.1 Å². The zero-order valence-electron chi connectivity index (χ0n) is 20.8. The normalized spacial score (nSPS) is 37.4. The third-order valence-electron chi connectivity index (χ3n) is 5.84. The summed E-state index contributed by atoms with van der Waals surface area (Å²) in [5, 5.41) is 83.5. The molecular weight excluding hydrogens is 526 g/mol. The molecular formula is C20H30Na2O15. The summed E-state index contributed by atoms with van der Waals surface area (Å²) in [6, 6.07) is 0. The largest absolute Gasteiger partial charge is 1.00 e. The van der Waals surface area contributed by atoms with Crippen LogP contribution in [0.1, 0.15) is 12.8 Å². The molecule has 6 N–H and O–H groups in total. The van der Waals surface area contributed by atoms with Crippen LogP contribution in [-0.4, -0.2) is 130 Å². The summed E-state index contributed by atoms with van der Waals surface area (Å²) in [5.74, 6) is -9.17. The van der Waals surface area contributed by atoms with Crippen molar-refractivity contribution >= 4 is 11.9 Å². The maximum atomic E-state index is 11.9. The van der Waals surface area contributed by atoms with E-state index in [9.17, 15) is 45.3 Å². The van der Waals surface area contributed by atoms with Gasteiger partial charge in [0.05, 0.1) is 32.0 Å². The summed E-state index contributed by atoms with van der Waals surface area (Å²) in [6.45, 7) is 1.30. The Labute approximate surface area is 256 Å². The van der Waals surface area contributed by atoms with Crippen LogP contribution < -0.4 is 69.3 Å². The predicted molar refractivity (Wildman–Crippen MR) is 104 cm³/mol. The number of aliphatic hydroxyl groups is 6. The van der Waals surface area contributed by atoms with E-state index < -0.39 is 98.4 Å². The topological polar surface area (TPSA) is 248 Å². The molecule has 2 saturated heterocycles. The van der Waals surface area contributed by atoms with E-state index in [1.54, 1.807) is 0 Å². The average molecular weight is 556 g/mol. The molecule has 37 heavy (non-hydrogen) atoms. The number of rotatable bonds is 12. The van der Waals surface area contributed by atoms with Gasteiger partial charge in [-0.15, -0.1) is 6.58 Å². The quantitative estimate of drug-likeness (QED) is 0.0965. The first-order valence-electron chi connectivity index (χ1n) is 10.6. The van der Waals surface area contributed by atoms with E-state index in [0.29, 0.717) is 0 Å².